The van der Waals surface area contributed by atoms with E-state index in [0.29, 0.717) is 12.8 Å². The molecule has 30 heavy (non-hydrogen) atoms. The Balaban J connectivity index is 1.61. The Kier molecular flexibility index (Phi) is 5.95. The molecule has 4 unspecified atom stereocenters. The summed E-state index contributed by atoms with van der Waals surface area (Å²) in [7, 11) is 0. The molecule has 10 nitrogen and oxygen atoms in total. The minimum Gasteiger partial charge on any atom is -0.451 e. The molecule has 1 aromatic rings. The standard InChI is InChI=1S/C20H21N3O7/c1-11(22-18(25)15-8-3-4-9-16(15)19(22)26)20(27)30-12(2)17(24)21-13-6-5-7-14(10-13)23(28)29/h3-7,10-12,15-16H,8-9H2,1-2H3,(H,21,24). The van der Waals surface area contributed by atoms with Crippen LogP contribution >= 0.6 is 0 Å². The van der Waals surface area contributed by atoms with Crippen LogP contribution in [0.25, 0.3) is 0 Å². The average molecular weight is 415 g/mol. The average Bonchev–Trinajstić information content (AvgIpc) is 2.98. The number of hydrogen-bond donors (Lipinski definition) is 1. The van der Waals surface area contributed by atoms with Crippen LogP contribution in [0.5, 0.6) is 0 Å². The van der Waals surface area contributed by atoms with E-state index < -0.39 is 52.6 Å². The summed E-state index contributed by atoms with van der Waals surface area (Å²) >= 11 is 0. The Morgan fingerprint density at radius 1 is 1.17 bits per heavy atom. The van der Waals surface area contributed by atoms with Crippen molar-refractivity contribution in [1.29, 1.82) is 0 Å². The van der Waals surface area contributed by atoms with Gasteiger partial charge in [-0.2, -0.15) is 0 Å². The number of nitrogens with one attached hydrogen (secondary N) is 1. The highest BCUT2D eigenvalue weighted by Gasteiger charge is 2.50. The zero-order valence-electron chi connectivity index (χ0n) is 16.4. The Hall–Kier alpha value is -3.56. The second-order valence-electron chi connectivity index (χ2n) is 7.25. The van der Waals surface area contributed by atoms with E-state index in [1.807, 2.05) is 12.2 Å². The molecule has 4 atom stereocenters. The maximum absolute atomic E-state index is 12.6. The topological polar surface area (TPSA) is 136 Å². The van der Waals surface area contributed by atoms with Crippen molar-refractivity contribution in [2.45, 2.75) is 38.8 Å². The summed E-state index contributed by atoms with van der Waals surface area (Å²) in [6, 6.07) is 4.15. The molecule has 1 aromatic carbocycles. The van der Waals surface area contributed by atoms with E-state index in [4.69, 9.17) is 4.74 Å². The summed E-state index contributed by atoms with van der Waals surface area (Å²) in [4.78, 5) is 61.1. The molecule has 1 saturated heterocycles. The largest absolute Gasteiger partial charge is 0.451 e. The van der Waals surface area contributed by atoms with Gasteiger partial charge in [0.25, 0.3) is 11.6 Å². The molecule has 3 amide bonds. The number of ether oxygens (including phenoxy) is 1. The van der Waals surface area contributed by atoms with Gasteiger partial charge in [0.05, 0.1) is 16.8 Å². The maximum Gasteiger partial charge on any atom is 0.329 e. The molecule has 1 heterocycles. The van der Waals surface area contributed by atoms with Crippen LogP contribution in [-0.4, -0.2) is 45.7 Å². The predicted octanol–water partition coefficient (Wildman–Crippen LogP) is 1.80. The number of allylic oxidation sites excluding steroid dienone is 2. The number of likely N-dealkylation sites (tertiary alicyclic amines) is 1. The fourth-order valence-electron chi connectivity index (χ4n) is 3.58. The van der Waals surface area contributed by atoms with Gasteiger partial charge >= 0.3 is 5.97 Å². The minimum atomic E-state index is -1.24. The van der Waals surface area contributed by atoms with Crippen LogP contribution in [0, 0.1) is 22.0 Å². The number of nitro benzene ring substituents is 1. The van der Waals surface area contributed by atoms with Crippen molar-refractivity contribution in [2.24, 2.45) is 11.8 Å². The van der Waals surface area contributed by atoms with Crippen LogP contribution in [0.3, 0.4) is 0 Å². The first-order valence-electron chi connectivity index (χ1n) is 9.48. The quantitative estimate of drug-likeness (QED) is 0.246. The van der Waals surface area contributed by atoms with E-state index in [0.717, 1.165) is 4.90 Å². The number of non-ortho nitro benzene ring substituents is 1. The molecule has 0 bridgehead atoms. The highest BCUT2D eigenvalue weighted by molar-refractivity contribution is 6.08. The number of imide groups is 1. The Morgan fingerprint density at radius 3 is 2.33 bits per heavy atom. The van der Waals surface area contributed by atoms with Gasteiger partial charge in [-0.1, -0.05) is 18.2 Å². The van der Waals surface area contributed by atoms with Gasteiger partial charge in [-0.15, -0.1) is 0 Å². The number of rotatable bonds is 6. The number of nitrogens with zero attached hydrogens (tertiary/aromatic N) is 2. The summed E-state index contributed by atoms with van der Waals surface area (Å²) in [6.45, 7) is 2.71. The van der Waals surface area contributed by atoms with E-state index >= 15 is 0 Å². The van der Waals surface area contributed by atoms with Crippen molar-refractivity contribution in [1.82, 2.24) is 4.90 Å². The molecule has 3 rings (SSSR count). The first kappa shape index (κ1) is 21.2. The lowest BCUT2D eigenvalue weighted by molar-refractivity contribution is -0.384. The third kappa shape index (κ3) is 4.07. The molecule has 0 aromatic heterocycles. The number of amides is 3. The molecule has 0 saturated carbocycles. The third-order valence-electron chi connectivity index (χ3n) is 5.26. The van der Waals surface area contributed by atoms with Crippen LogP contribution in [0.4, 0.5) is 11.4 Å². The Bertz CT molecular complexity index is 916. The number of fused-ring (bicyclic) bond motifs is 1. The number of anilines is 1. The lowest BCUT2D eigenvalue weighted by Gasteiger charge is -2.23. The fourth-order valence-corrected chi connectivity index (χ4v) is 3.58. The summed E-state index contributed by atoms with van der Waals surface area (Å²) in [5, 5.41) is 13.3. The fraction of sp³-hybridized carbons (Fsp3) is 0.400. The van der Waals surface area contributed by atoms with E-state index in [2.05, 4.69) is 5.32 Å². The molecule has 1 aliphatic heterocycles. The van der Waals surface area contributed by atoms with Gasteiger partial charge in [0.2, 0.25) is 11.8 Å². The number of carbonyl (C=O) groups excluding carboxylic acids is 4. The molecule has 1 N–H and O–H groups in total. The molecule has 0 radical (unpaired) electrons. The number of carbonyl (C=O) groups is 4. The molecule has 1 fully saturated rings. The van der Waals surface area contributed by atoms with Gasteiger partial charge in [0, 0.05) is 17.8 Å². The van der Waals surface area contributed by atoms with E-state index in [1.165, 1.54) is 38.1 Å². The molecule has 158 valence electrons. The number of hydrogen-bond acceptors (Lipinski definition) is 7. The van der Waals surface area contributed by atoms with Gasteiger partial charge < -0.3 is 10.1 Å². The van der Waals surface area contributed by atoms with Gasteiger partial charge in [-0.25, -0.2) is 4.79 Å². The Labute approximate surface area is 172 Å². The van der Waals surface area contributed by atoms with Crippen molar-refractivity contribution in [3.05, 3.63) is 46.5 Å². The van der Waals surface area contributed by atoms with Crippen LogP contribution in [0.2, 0.25) is 0 Å². The van der Waals surface area contributed by atoms with E-state index in [1.54, 1.807) is 0 Å². The van der Waals surface area contributed by atoms with Crippen LogP contribution < -0.4 is 5.32 Å². The normalized spacial score (nSPS) is 22.3. The molecule has 2 aliphatic rings. The molecule has 1 aliphatic carbocycles. The van der Waals surface area contributed by atoms with Crippen LogP contribution in [-0.2, 0) is 23.9 Å². The third-order valence-corrected chi connectivity index (χ3v) is 5.26. The second kappa shape index (κ2) is 8.44. The van der Waals surface area contributed by atoms with Crippen LogP contribution in [0.15, 0.2) is 36.4 Å². The highest BCUT2D eigenvalue weighted by atomic mass is 16.6. The first-order chi connectivity index (χ1) is 14.2. The second-order valence-corrected chi connectivity index (χ2v) is 7.25. The molecular formula is C20H21N3O7. The molecular weight excluding hydrogens is 394 g/mol. The molecule has 10 heteroatoms. The van der Waals surface area contributed by atoms with E-state index in [-0.39, 0.29) is 11.4 Å². The molecule has 0 spiro atoms. The number of esters is 1. The highest BCUT2D eigenvalue weighted by Crippen LogP contribution is 2.36. The summed E-state index contributed by atoms with van der Waals surface area (Å²) in [5.74, 6) is -3.34. The van der Waals surface area contributed by atoms with Gasteiger partial charge in [0.15, 0.2) is 6.10 Å². The van der Waals surface area contributed by atoms with Crippen molar-refractivity contribution in [2.75, 3.05) is 5.32 Å². The van der Waals surface area contributed by atoms with Crippen molar-refractivity contribution in [3.8, 4) is 0 Å². The van der Waals surface area contributed by atoms with Gasteiger partial charge in [-0.3, -0.25) is 29.4 Å². The zero-order chi connectivity index (χ0) is 22.0. The van der Waals surface area contributed by atoms with Gasteiger partial charge in [-0.05, 0) is 32.8 Å². The van der Waals surface area contributed by atoms with Crippen molar-refractivity contribution < 1.29 is 28.8 Å². The zero-order valence-corrected chi connectivity index (χ0v) is 16.4. The van der Waals surface area contributed by atoms with Gasteiger partial charge in [0.1, 0.15) is 6.04 Å². The maximum atomic E-state index is 12.6. The predicted molar refractivity (Wildman–Crippen MR) is 104 cm³/mol. The number of benzene rings is 1. The van der Waals surface area contributed by atoms with E-state index in [9.17, 15) is 29.3 Å². The van der Waals surface area contributed by atoms with Crippen LogP contribution in [0.1, 0.15) is 26.7 Å². The van der Waals surface area contributed by atoms with Crippen molar-refractivity contribution >= 4 is 35.1 Å². The summed E-state index contributed by atoms with van der Waals surface area (Å²) < 4.78 is 5.14. The lowest BCUT2D eigenvalue weighted by Crippen LogP contribution is -2.46. The smallest absolute Gasteiger partial charge is 0.329 e. The SMILES string of the molecule is CC(OC(=O)C(C)N1C(=O)C2CC=CCC2C1=O)C(=O)Nc1cccc([N+](=O)[O-])c1. The monoisotopic (exact) mass is 415 g/mol. The number of nitro groups is 1. The lowest BCUT2D eigenvalue weighted by atomic mass is 9.85. The minimum absolute atomic E-state index is 0.173. The van der Waals surface area contributed by atoms with Crippen molar-refractivity contribution in [3.63, 3.8) is 0 Å². The first-order valence-corrected chi connectivity index (χ1v) is 9.48. The Morgan fingerprint density at radius 2 is 1.77 bits per heavy atom. The summed E-state index contributed by atoms with van der Waals surface area (Å²) in [5.41, 5.74) is -0.0280. The summed E-state index contributed by atoms with van der Waals surface area (Å²) in [6.07, 6.45) is 3.36.